The molecular formula is C20H20N4O2. The van der Waals surface area contributed by atoms with E-state index < -0.39 is 0 Å². The number of H-pyrrole nitrogens is 1. The normalized spacial score (nSPS) is 14.2. The van der Waals surface area contributed by atoms with Crippen LogP contribution in [0.4, 0.5) is 10.5 Å². The van der Waals surface area contributed by atoms with Crippen molar-refractivity contribution >= 4 is 28.3 Å². The van der Waals surface area contributed by atoms with Gasteiger partial charge in [0.25, 0.3) is 0 Å². The highest BCUT2D eigenvalue weighted by Crippen LogP contribution is 2.28. The second-order valence-electron chi connectivity index (χ2n) is 6.19. The van der Waals surface area contributed by atoms with E-state index in [1.54, 1.807) is 24.3 Å². The van der Waals surface area contributed by atoms with Crippen LogP contribution in [-0.2, 0) is 0 Å². The highest BCUT2D eigenvalue weighted by atomic mass is 16.5. The van der Waals surface area contributed by atoms with Gasteiger partial charge in [-0.3, -0.25) is 4.98 Å². The fraction of sp³-hybridized carbons (Fsp3) is 0.200. The molecule has 0 atom stereocenters. The van der Waals surface area contributed by atoms with Gasteiger partial charge in [0.05, 0.1) is 18.1 Å². The van der Waals surface area contributed by atoms with E-state index in [-0.39, 0.29) is 6.03 Å². The summed E-state index contributed by atoms with van der Waals surface area (Å²) in [5.74, 6) is 0.718. The number of amides is 2. The number of aromatic nitrogens is 2. The number of hydrogen-bond acceptors (Lipinski definition) is 3. The van der Waals surface area contributed by atoms with Crippen LogP contribution in [0.5, 0.6) is 5.75 Å². The molecule has 2 N–H and O–H groups in total. The Morgan fingerprint density at radius 3 is 3.04 bits per heavy atom. The van der Waals surface area contributed by atoms with Crippen molar-refractivity contribution in [2.45, 2.75) is 6.42 Å². The monoisotopic (exact) mass is 348 g/mol. The van der Waals surface area contributed by atoms with Crippen LogP contribution < -0.4 is 10.1 Å². The number of urea groups is 1. The lowest BCUT2D eigenvalue weighted by Gasteiger charge is -2.26. The predicted molar refractivity (Wildman–Crippen MR) is 102 cm³/mol. The van der Waals surface area contributed by atoms with E-state index >= 15 is 0 Å². The first-order chi connectivity index (χ1) is 12.7. The summed E-state index contributed by atoms with van der Waals surface area (Å²) in [7, 11) is 1.61. The van der Waals surface area contributed by atoms with Gasteiger partial charge in [-0.1, -0.05) is 12.1 Å². The zero-order chi connectivity index (χ0) is 17.9. The number of nitrogens with one attached hydrogen (secondary N) is 2. The molecule has 0 aliphatic carbocycles. The van der Waals surface area contributed by atoms with Gasteiger partial charge >= 0.3 is 6.03 Å². The first-order valence-corrected chi connectivity index (χ1v) is 8.56. The van der Waals surface area contributed by atoms with Crippen molar-refractivity contribution in [2.75, 3.05) is 25.5 Å². The van der Waals surface area contributed by atoms with Crippen LogP contribution in [0.15, 0.2) is 54.9 Å². The summed E-state index contributed by atoms with van der Waals surface area (Å²) >= 11 is 0. The van der Waals surface area contributed by atoms with E-state index in [2.05, 4.69) is 21.4 Å². The van der Waals surface area contributed by atoms with Gasteiger partial charge in [0.2, 0.25) is 0 Å². The maximum atomic E-state index is 12.5. The average Bonchev–Trinajstić information content (AvgIpc) is 3.12. The Morgan fingerprint density at radius 2 is 2.23 bits per heavy atom. The molecule has 0 radical (unpaired) electrons. The van der Waals surface area contributed by atoms with Crippen LogP contribution >= 0.6 is 0 Å². The summed E-state index contributed by atoms with van der Waals surface area (Å²) in [4.78, 5) is 22.0. The number of hydrogen-bond donors (Lipinski definition) is 2. The van der Waals surface area contributed by atoms with Crippen molar-refractivity contribution in [1.82, 2.24) is 14.9 Å². The van der Waals surface area contributed by atoms with Crippen LogP contribution in [0, 0.1) is 0 Å². The molecule has 1 aromatic carbocycles. The molecule has 6 nitrogen and oxygen atoms in total. The van der Waals surface area contributed by atoms with E-state index in [1.807, 2.05) is 36.5 Å². The molecule has 132 valence electrons. The molecule has 6 heteroatoms. The second kappa shape index (κ2) is 6.92. The van der Waals surface area contributed by atoms with Crippen molar-refractivity contribution in [3.63, 3.8) is 0 Å². The predicted octanol–water partition coefficient (Wildman–Crippen LogP) is 3.89. The molecule has 1 aliphatic rings. The largest absolute Gasteiger partial charge is 0.497 e. The number of methoxy groups -OCH3 is 1. The Bertz CT molecular complexity index is 977. The quantitative estimate of drug-likeness (QED) is 0.754. The first kappa shape index (κ1) is 16.2. The third-order valence-electron chi connectivity index (χ3n) is 4.60. The zero-order valence-corrected chi connectivity index (χ0v) is 14.5. The Labute approximate surface area is 151 Å². The van der Waals surface area contributed by atoms with E-state index in [9.17, 15) is 4.79 Å². The number of anilines is 1. The van der Waals surface area contributed by atoms with Crippen molar-refractivity contribution in [3.8, 4) is 5.75 Å². The number of aromatic amines is 1. The van der Waals surface area contributed by atoms with Gasteiger partial charge in [-0.2, -0.15) is 0 Å². The van der Waals surface area contributed by atoms with Crippen molar-refractivity contribution in [1.29, 1.82) is 0 Å². The number of ether oxygens (including phenoxy) is 1. The van der Waals surface area contributed by atoms with Gasteiger partial charge in [0.15, 0.2) is 0 Å². The second-order valence-corrected chi connectivity index (χ2v) is 6.19. The Kier molecular flexibility index (Phi) is 4.31. The Morgan fingerprint density at radius 1 is 1.31 bits per heavy atom. The highest BCUT2D eigenvalue weighted by Gasteiger charge is 2.20. The molecule has 0 saturated carbocycles. The molecular weight excluding hydrogens is 328 g/mol. The minimum Gasteiger partial charge on any atom is -0.497 e. The smallest absolute Gasteiger partial charge is 0.322 e. The Balaban J connectivity index is 1.46. The van der Waals surface area contributed by atoms with Crippen molar-refractivity contribution in [2.24, 2.45) is 0 Å². The molecule has 26 heavy (non-hydrogen) atoms. The van der Waals surface area contributed by atoms with E-state index in [0.29, 0.717) is 13.1 Å². The van der Waals surface area contributed by atoms with Crippen LogP contribution in [0.1, 0.15) is 12.0 Å². The average molecular weight is 348 g/mol. The third-order valence-corrected chi connectivity index (χ3v) is 4.60. The van der Waals surface area contributed by atoms with E-state index in [0.717, 1.165) is 34.5 Å². The third kappa shape index (κ3) is 3.13. The molecule has 4 rings (SSSR count). The standard InChI is InChI=1S/C20H20N4O2/c1-26-16-5-2-4-15(12-16)23-20(25)24-10-7-14(8-11-24)17-13-22-18-6-3-9-21-19(17)18/h2-7,9,12-13,22H,8,10-11H2,1H3,(H,23,25). The maximum Gasteiger partial charge on any atom is 0.322 e. The molecule has 2 amide bonds. The number of benzene rings is 1. The highest BCUT2D eigenvalue weighted by molar-refractivity contribution is 5.92. The number of carbonyl (C=O) groups excluding carboxylic acids is 1. The summed E-state index contributed by atoms with van der Waals surface area (Å²) in [6, 6.07) is 11.2. The summed E-state index contributed by atoms with van der Waals surface area (Å²) in [5, 5.41) is 2.92. The zero-order valence-electron chi connectivity index (χ0n) is 14.5. The molecule has 1 aliphatic heterocycles. The minimum absolute atomic E-state index is 0.106. The lowest BCUT2D eigenvalue weighted by molar-refractivity contribution is 0.217. The van der Waals surface area contributed by atoms with Gasteiger partial charge in [0.1, 0.15) is 5.75 Å². The molecule has 3 aromatic rings. The van der Waals surface area contributed by atoms with Gasteiger partial charge in [0, 0.05) is 42.8 Å². The summed E-state index contributed by atoms with van der Waals surface area (Å²) in [6.07, 6.45) is 6.70. The van der Waals surface area contributed by atoms with Crippen LogP contribution in [0.25, 0.3) is 16.6 Å². The van der Waals surface area contributed by atoms with Crippen molar-refractivity contribution in [3.05, 3.63) is 60.4 Å². The van der Waals surface area contributed by atoms with E-state index in [4.69, 9.17) is 4.74 Å². The van der Waals surface area contributed by atoms with E-state index in [1.165, 1.54) is 5.57 Å². The fourth-order valence-electron chi connectivity index (χ4n) is 3.20. The SMILES string of the molecule is COc1cccc(NC(=O)N2CC=C(c3c[nH]c4cccnc34)CC2)c1. The molecule has 3 heterocycles. The molecule has 0 saturated heterocycles. The molecule has 0 bridgehead atoms. The lowest BCUT2D eigenvalue weighted by Crippen LogP contribution is -2.37. The minimum atomic E-state index is -0.106. The number of pyridine rings is 1. The first-order valence-electron chi connectivity index (χ1n) is 8.56. The van der Waals surface area contributed by atoms with Gasteiger partial charge in [-0.05, 0) is 36.3 Å². The number of fused-ring (bicyclic) bond motifs is 1. The van der Waals surface area contributed by atoms with Gasteiger partial charge in [-0.25, -0.2) is 4.79 Å². The molecule has 0 unspecified atom stereocenters. The van der Waals surface area contributed by atoms with Crippen LogP contribution in [0.3, 0.4) is 0 Å². The maximum absolute atomic E-state index is 12.5. The van der Waals surface area contributed by atoms with Crippen LogP contribution in [-0.4, -0.2) is 41.1 Å². The van der Waals surface area contributed by atoms with Crippen LogP contribution in [0.2, 0.25) is 0 Å². The number of carbonyl (C=O) groups is 1. The summed E-state index contributed by atoms with van der Waals surface area (Å²) in [5.41, 5.74) is 5.08. The number of nitrogens with zero attached hydrogens (tertiary/aromatic N) is 2. The topological polar surface area (TPSA) is 70.2 Å². The molecule has 2 aromatic heterocycles. The Hall–Kier alpha value is -3.28. The van der Waals surface area contributed by atoms with Crippen molar-refractivity contribution < 1.29 is 9.53 Å². The number of rotatable bonds is 3. The molecule has 0 fully saturated rings. The van der Waals surface area contributed by atoms with Gasteiger partial charge < -0.3 is 19.9 Å². The summed E-state index contributed by atoms with van der Waals surface area (Å²) in [6.45, 7) is 1.24. The van der Waals surface area contributed by atoms with Gasteiger partial charge in [-0.15, -0.1) is 0 Å². The fourth-order valence-corrected chi connectivity index (χ4v) is 3.20. The summed E-state index contributed by atoms with van der Waals surface area (Å²) < 4.78 is 5.19. The lowest BCUT2D eigenvalue weighted by atomic mass is 10.0. The molecule has 0 spiro atoms.